The fourth-order valence-corrected chi connectivity index (χ4v) is 2.76. The van der Waals surface area contributed by atoms with Gasteiger partial charge in [0.15, 0.2) is 0 Å². The van der Waals surface area contributed by atoms with Crippen LogP contribution in [0.2, 0.25) is 0 Å². The Bertz CT molecular complexity index is 831. The van der Waals surface area contributed by atoms with Crippen molar-refractivity contribution >= 4 is 5.91 Å². The number of para-hydroxylation sites is 2. The van der Waals surface area contributed by atoms with Crippen molar-refractivity contribution in [1.82, 2.24) is 4.90 Å². The summed E-state index contributed by atoms with van der Waals surface area (Å²) in [6, 6.07) is 20.2. The first-order chi connectivity index (χ1) is 13.2. The van der Waals surface area contributed by atoms with E-state index in [1.54, 1.807) is 29.4 Å². The second-order valence-corrected chi connectivity index (χ2v) is 6.22. The normalized spacial score (nSPS) is 10.5. The van der Waals surface area contributed by atoms with E-state index in [1.165, 1.54) is 0 Å². The molecule has 1 aromatic heterocycles. The molecule has 1 N–H and O–H groups in total. The zero-order chi connectivity index (χ0) is 18.9. The van der Waals surface area contributed by atoms with E-state index in [9.17, 15) is 9.90 Å². The number of phenols is 1. The Morgan fingerprint density at radius 1 is 0.963 bits per heavy atom. The molecule has 1 heterocycles. The third kappa shape index (κ3) is 5.64. The monoisotopic (exact) mass is 365 g/mol. The molecule has 0 radical (unpaired) electrons. The van der Waals surface area contributed by atoms with Gasteiger partial charge in [0.25, 0.3) is 0 Å². The summed E-state index contributed by atoms with van der Waals surface area (Å²) < 4.78 is 11.0. The Balaban J connectivity index is 1.57. The lowest BCUT2D eigenvalue weighted by atomic mass is 10.1. The molecule has 5 nitrogen and oxygen atoms in total. The average Bonchev–Trinajstić information content (AvgIpc) is 3.20. The minimum atomic E-state index is -0.00804. The molecule has 0 fully saturated rings. The summed E-state index contributed by atoms with van der Waals surface area (Å²) in [6.07, 6.45) is 2.57. The van der Waals surface area contributed by atoms with Crippen molar-refractivity contribution in [2.75, 3.05) is 6.61 Å². The van der Waals surface area contributed by atoms with E-state index in [4.69, 9.17) is 9.15 Å². The predicted octanol–water partition coefficient (Wildman–Crippen LogP) is 4.37. The maximum atomic E-state index is 12.7. The summed E-state index contributed by atoms with van der Waals surface area (Å²) in [5.41, 5.74) is 0.706. The Morgan fingerprint density at radius 2 is 1.74 bits per heavy atom. The summed E-state index contributed by atoms with van der Waals surface area (Å²) in [7, 11) is 0. The van der Waals surface area contributed by atoms with Crippen molar-refractivity contribution < 1.29 is 19.1 Å². The van der Waals surface area contributed by atoms with E-state index in [1.807, 2.05) is 48.5 Å². The molecule has 5 heteroatoms. The standard InChI is InChI=1S/C22H23NO4/c24-21-12-5-4-8-18(21)16-23(17-20-11-6-14-27-20)22(25)13-7-15-26-19-9-2-1-3-10-19/h1-6,8-12,14,24H,7,13,15-17H2. The molecular weight excluding hydrogens is 342 g/mol. The number of rotatable bonds is 9. The molecule has 0 spiro atoms. The Labute approximate surface area is 158 Å². The first-order valence-corrected chi connectivity index (χ1v) is 8.97. The number of carbonyl (C=O) groups excluding carboxylic acids is 1. The van der Waals surface area contributed by atoms with Crippen molar-refractivity contribution in [3.05, 3.63) is 84.3 Å². The van der Waals surface area contributed by atoms with Crippen molar-refractivity contribution in [2.24, 2.45) is 0 Å². The fourth-order valence-electron chi connectivity index (χ4n) is 2.76. The SMILES string of the molecule is O=C(CCCOc1ccccc1)N(Cc1ccco1)Cc1ccccc1O. The van der Waals surface area contributed by atoms with Crippen LogP contribution in [0.3, 0.4) is 0 Å². The highest BCUT2D eigenvalue weighted by Crippen LogP contribution is 2.20. The van der Waals surface area contributed by atoms with Crippen LogP contribution in [0.15, 0.2) is 77.4 Å². The van der Waals surface area contributed by atoms with E-state index >= 15 is 0 Å². The molecule has 0 aliphatic heterocycles. The number of nitrogens with zero attached hydrogens (tertiary/aromatic N) is 1. The number of amides is 1. The molecule has 0 aliphatic carbocycles. The van der Waals surface area contributed by atoms with Gasteiger partial charge in [-0.1, -0.05) is 36.4 Å². The van der Waals surface area contributed by atoms with Crippen LogP contribution in [-0.2, 0) is 17.9 Å². The highest BCUT2D eigenvalue weighted by Gasteiger charge is 2.17. The Morgan fingerprint density at radius 3 is 2.48 bits per heavy atom. The lowest BCUT2D eigenvalue weighted by Gasteiger charge is -2.22. The maximum absolute atomic E-state index is 12.7. The second-order valence-electron chi connectivity index (χ2n) is 6.22. The van der Waals surface area contributed by atoms with Crippen LogP contribution >= 0.6 is 0 Å². The zero-order valence-electron chi connectivity index (χ0n) is 15.1. The van der Waals surface area contributed by atoms with E-state index in [-0.39, 0.29) is 11.7 Å². The van der Waals surface area contributed by atoms with Crippen molar-refractivity contribution in [2.45, 2.75) is 25.9 Å². The summed E-state index contributed by atoms with van der Waals surface area (Å²) in [5, 5.41) is 10.0. The molecule has 0 bridgehead atoms. The van der Waals surface area contributed by atoms with Crippen LogP contribution in [0.4, 0.5) is 0 Å². The number of ether oxygens (including phenoxy) is 1. The molecule has 3 aromatic rings. The van der Waals surface area contributed by atoms with Crippen molar-refractivity contribution in [1.29, 1.82) is 0 Å². The molecule has 0 atom stereocenters. The predicted molar refractivity (Wildman–Crippen MR) is 102 cm³/mol. The number of carbonyl (C=O) groups is 1. The summed E-state index contributed by atoms with van der Waals surface area (Å²) >= 11 is 0. The molecule has 3 rings (SSSR count). The highest BCUT2D eigenvalue weighted by molar-refractivity contribution is 5.76. The largest absolute Gasteiger partial charge is 0.508 e. The molecule has 1 amide bonds. The first kappa shape index (κ1) is 18.6. The van der Waals surface area contributed by atoms with Gasteiger partial charge in [-0.25, -0.2) is 0 Å². The van der Waals surface area contributed by atoms with Crippen LogP contribution < -0.4 is 4.74 Å². The second kappa shape index (κ2) is 9.48. The number of hydrogen-bond acceptors (Lipinski definition) is 4. The van der Waals surface area contributed by atoms with Gasteiger partial charge in [-0.3, -0.25) is 4.79 Å². The van der Waals surface area contributed by atoms with Gasteiger partial charge in [-0.2, -0.15) is 0 Å². The van der Waals surface area contributed by atoms with Gasteiger partial charge in [0.2, 0.25) is 5.91 Å². The lowest BCUT2D eigenvalue weighted by molar-refractivity contribution is -0.133. The van der Waals surface area contributed by atoms with Crippen molar-refractivity contribution in [3.63, 3.8) is 0 Å². The summed E-state index contributed by atoms with van der Waals surface area (Å²) in [4.78, 5) is 14.4. The number of aromatic hydroxyl groups is 1. The van der Waals surface area contributed by atoms with Gasteiger partial charge in [0.05, 0.1) is 19.4 Å². The van der Waals surface area contributed by atoms with E-state index < -0.39 is 0 Å². The Kier molecular flexibility index (Phi) is 6.52. The third-order valence-corrected chi connectivity index (χ3v) is 4.18. The van der Waals surface area contributed by atoms with Gasteiger partial charge >= 0.3 is 0 Å². The molecule has 0 saturated heterocycles. The van der Waals surface area contributed by atoms with Gasteiger partial charge in [0.1, 0.15) is 17.3 Å². The van der Waals surface area contributed by atoms with Crippen LogP contribution in [-0.4, -0.2) is 22.5 Å². The van der Waals surface area contributed by atoms with Gasteiger partial charge in [0, 0.05) is 18.5 Å². The minimum Gasteiger partial charge on any atom is -0.508 e. The molecule has 0 unspecified atom stereocenters. The third-order valence-electron chi connectivity index (χ3n) is 4.18. The highest BCUT2D eigenvalue weighted by atomic mass is 16.5. The van der Waals surface area contributed by atoms with Gasteiger partial charge in [-0.05, 0) is 36.8 Å². The number of furan rings is 1. The molecule has 0 aliphatic rings. The average molecular weight is 365 g/mol. The molecule has 2 aromatic carbocycles. The van der Waals surface area contributed by atoms with E-state index in [2.05, 4.69) is 0 Å². The number of phenolic OH excluding ortho intramolecular Hbond substituents is 1. The van der Waals surface area contributed by atoms with Crippen molar-refractivity contribution in [3.8, 4) is 11.5 Å². The van der Waals surface area contributed by atoms with Crippen LogP contribution in [0.5, 0.6) is 11.5 Å². The number of benzene rings is 2. The quantitative estimate of drug-likeness (QED) is 0.572. The van der Waals surface area contributed by atoms with Crippen LogP contribution in [0, 0.1) is 0 Å². The zero-order valence-corrected chi connectivity index (χ0v) is 15.1. The maximum Gasteiger partial charge on any atom is 0.223 e. The van der Waals surface area contributed by atoms with E-state index in [0.717, 1.165) is 5.75 Å². The minimum absolute atomic E-state index is 0.00804. The fraction of sp³-hybridized carbons (Fsp3) is 0.227. The smallest absolute Gasteiger partial charge is 0.223 e. The summed E-state index contributed by atoms with van der Waals surface area (Å²) in [6.45, 7) is 1.16. The molecule has 0 saturated carbocycles. The lowest BCUT2D eigenvalue weighted by Crippen LogP contribution is -2.30. The van der Waals surface area contributed by atoms with Gasteiger partial charge in [-0.15, -0.1) is 0 Å². The topological polar surface area (TPSA) is 62.9 Å². The first-order valence-electron chi connectivity index (χ1n) is 8.97. The molecular formula is C22H23NO4. The van der Waals surface area contributed by atoms with Gasteiger partial charge < -0.3 is 19.2 Å². The van der Waals surface area contributed by atoms with E-state index in [0.29, 0.717) is 43.9 Å². The molecule has 140 valence electrons. The molecule has 27 heavy (non-hydrogen) atoms. The Hall–Kier alpha value is -3.21. The van der Waals surface area contributed by atoms with Crippen LogP contribution in [0.25, 0.3) is 0 Å². The van der Waals surface area contributed by atoms with Crippen LogP contribution in [0.1, 0.15) is 24.2 Å². The number of hydrogen-bond donors (Lipinski definition) is 1. The summed E-state index contributed by atoms with van der Waals surface area (Å²) in [5.74, 6) is 1.68.